The lowest BCUT2D eigenvalue weighted by Gasteiger charge is -2.01. The number of aliphatic carboxylic acids is 2. The lowest BCUT2D eigenvalue weighted by Crippen LogP contribution is -2.96. The molecule has 3 N–H and O–H groups in total. The molecule has 1 unspecified atom stereocenters. The number of hydrogen-bond donors (Lipinski definition) is 2. The summed E-state index contributed by atoms with van der Waals surface area (Å²) in [6, 6.07) is 0. The molecule has 1 fully saturated rings. The van der Waals surface area contributed by atoms with E-state index in [1.807, 2.05) is 11.8 Å². The molecule has 0 aromatic rings. The van der Waals surface area contributed by atoms with Gasteiger partial charge in [0.15, 0.2) is 0 Å². The second kappa shape index (κ2) is 10.8. The summed E-state index contributed by atoms with van der Waals surface area (Å²) < 4.78 is 0. The van der Waals surface area contributed by atoms with Gasteiger partial charge in [-0.15, -0.1) is 0 Å². The third-order valence-electron chi connectivity index (χ3n) is 2.33. The van der Waals surface area contributed by atoms with Crippen molar-refractivity contribution >= 4 is 28.9 Å². The van der Waals surface area contributed by atoms with E-state index in [1.165, 1.54) is 11.7 Å². The average molecular weight is 290 g/mol. The van der Waals surface area contributed by atoms with E-state index in [2.05, 4.69) is 24.2 Å². The number of carboxylic acid groups (broad SMARTS) is 2. The molecule has 0 bridgehead atoms. The Bertz CT molecular complexity index is 305. The van der Waals surface area contributed by atoms with Crippen molar-refractivity contribution in [3.05, 3.63) is 0 Å². The summed E-state index contributed by atoms with van der Waals surface area (Å²) in [6.07, 6.45) is 0.535. The van der Waals surface area contributed by atoms with Gasteiger partial charge in [-0.25, -0.2) is 0 Å². The molecule has 0 aromatic carbocycles. The minimum atomic E-state index is -1.14. The Balaban J connectivity index is 0.000000342. The van der Waals surface area contributed by atoms with Gasteiger partial charge in [0.25, 0.3) is 0 Å². The minimum absolute atomic E-state index is 0.0761. The molecule has 0 spiro atoms. The van der Waals surface area contributed by atoms with Crippen molar-refractivity contribution in [3.8, 4) is 0 Å². The first-order valence-electron chi connectivity index (χ1n) is 6.46. The van der Waals surface area contributed by atoms with Gasteiger partial charge < -0.3 is 19.8 Å². The van der Waals surface area contributed by atoms with E-state index in [4.69, 9.17) is 0 Å². The monoisotopic (exact) mass is 290 g/mol. The van der Waals surface area contributed by atoms with Crippen LogP contribution < -0.4 is 20.5 Å². The highest BCUT2D eigenvalue weighted by atomic mass is 32.2. The number of unbranched alkanes of at least 4 members (excludes halogenated alkanes) is 1. The van der Waals surface area contributed by atoms with Crippen LogP contribution in [0.25, 0.3) is 0 Å². The summed E-state index contributed by atoms with van der Waals surface area (Å²) >= 11 is 1.94. The molecule has 1 aliphatic rings. The topological polar surface area (TPSA) is 111 Å². The van der Waals surface area contributed by atoms with Crippen molar-refractivity contribution in [1.82, 2.24) is 0 Å². The number of hydrogen-bond acceptors (Lipinski definition) is 5. The first-order chi connectivity index (χ1) is 8.95. The second-order valence-electron chi connectivity index (χ2n) is 4.21. The number of nitrogens with two attached hydrogens (primary N) is 1. The van der Waals surface area contributed by atoms with E-state index in [-0.39, 0.29) is 12.8 Å². The van der Waals surface area contributed by atoms with Crippen LogP contribution in [0.2, 0.25) is 0 Å². The van der Waals surface area contributed by atoms with Gasteiger partial charge in [0.1, 0.15) is 6.54 Å². The van der Waals surface area contributed by atoms with Gasteiger partial charge >= 0.3 is 5.17 Å². The SMILES string of the molecule is CC[NH+]=C1[NH2+]CC(C)S1.O=C([O-])CCCCC(=O)[O-]. The van der Waals surface area contributed by atoms with Crippen LogP contribution in [0, 0.1) is 0 Å². The van der Waals surface area contributed by atoms with Gasteiger partial charge in [-0.2, -0.15) is 4.99 Å². The Hall–Kier alpha value is -1.08. The molecule has 19 heavy (non-hydrogen) atoms. The zero-order valence-electron chi connectivity index (χ0n) is 11.4. The highest BCUT2D eigenvalue weighted by Crippen LogP contribution is 2.07. The molecule has 0 aliphatic carbocycles. The van der Waals surface area contributed by atoms with Crippen molar-refractivity contribution < 1.29 is 30.1 Å². The van der Waals surface area contributed by atoms with Crippen LogP contribution in [0.15, 0.2) is 0 Å². The number of quaternary nitrogens is 1. The van der Waals surface area contributed by atoms with Crippen molar-refractivity contribution in [3.63, 3.8) is 0 Å². The Labute approximate surface area is 117 Å². The molecule has 0 amide bonds. The van der Waals surface area contributed by atoms with Crippen LogP contribution in [0.5, 0.6) is 0 Å². The lowest BCUT2D eigenvalue weighted by molar-refractivity contribution is -0.600. The van der Waals surface area contributed by atoms with Crippen LogP contribution in [0.1, 0.15) is 39.5 Å². The fourth-order valence-electron chi connectivity index (χ4n) is 1.41. The van der Waals surface area contributed by atoms with Crippen LogP contribution in [-0.4, -0.2) is 35.4 Å². The number of carboxylic acids is 2. The average Bonchev–Trinajstić information content (AvgIpc) is 2.71. The number of thioether (sulfide) groups is 1. The summed E-state index contributed by atoms with van der Waals surface area (Å²) in [5, 5.41) is 24.0. The minimum Gasteiger partial charge on any atom is -0.550 e. The Morgan fingerprint density at radius 2 is 1.84 bits per heavy atom. The zero-order valence-corrected chi connectivity index (χ0v) is 12.3. The first kappa shape index (κ1) is 17.9. The molecule has 1 saturated heterocycles. The van der Waals surface area contributed by atoms with Crippen molar-refractivity contribution in [2.24, 2.45) is 0 Å². The Kier molecular flexibility index (Phi) is 10.2. The van der Waals surface area contributed by atoms with E-state index in [9.17, 15) is 19.8 Å². The summed E-state index contributed by atoms with van der Waals surface area (Å²) in [5.41, 5.74) is 0. The standard InChI is InChI=1S/C6H12N2S.C6H10O4/c1-3-7-6-8-4-5(2)9-6;7-5(8)3-1-2-4-6(9)10/h5H,3-4H2,1-2H3,(H,7,8);1-4H2,(H,7,8)(H,9,10). The predicted molar refractivity (Wildman–Crippen MR) is 68.8 cm³/mol. The van der Waals surface area contributed by atoms with E-state index >= 15 is 0 Å². The van der Waals surface area contributed by atoms with Crippen LogP contribution >= 0.6 is 11.8 Å². The zero-order chi connectivity index (χ0) is 14.7. The van der Waals surface area contributed by atoms with Crippen molar-refractivity contribution in [2.75, 3.05) is 13.1 Å². The van der Waals surface area contributed by atoms with Gasteiger partial charge in [-0.05, 0) is 39.5 Å². The number of carbonyl (C=O) groups is 2. The maximum atomic E-state index is 9.77. The van der Waals surface area contributed by atoms with Gasteiger partial charge in [0.05, 0.1) is 11.8 Å². The molecule has 7 heteroatoms. The Morgan fingerprint density at radius 3 is 2.16 bits per heavy atom. The molecule has 1 atom stereocenters. The lowest BCUT2D eigenvalue weighted by atomic mass is 10.2. The molecule has 6 nitrogen and oxygen atoms in total. The number of carbonyl (C=O) groups excluding carboxylic acids is 2. The van der Waals surface area contributed by atoms with E-state index in [1.54, 1.807) is 0 Å². The third-order valence-corrected chi connectivity index (χ3v) is 3.49. The molecule has 1 heterocycles. The largest absolute Gasteiger partial charge is 0.550 e. The van der Waals surface area contributed by atoms with E-state index < -0.39 is 11.9 Å². The Morgan fingerprint density at radius 1 is 1.32 bits per heavy atom. The molecule has 1 rings (SSSR count). The van der Waals surface area contributed by atoms with Gasteiger partial charge in [-0.3, -0.25) is 5.32 Å². The summed E-state index contributed by atoms with van der Waals surface area (Å²) in [4.78, 5) is 22.8. The molecule has 0 radical (unpaired) electrons. The third kappa shape index (κ3) is 11.7. The molecular formula is C12H22N2O4S. The van der Waals surface area contributed by atoms with Crippen molar-refractivity contribution in [1.29, 1.82) is 0 Å². The molecule has 110 valence electrons. The van der Waals surface area contributed by atoms with Gasteiger partial charge in [0.2, 0.25) is 0 Å². The van der Waals surface area contributed by atoms with Crippen LogP contribution in [0.4, 0.5) is 0 Å². The van der Waals surface area contributed by atoms with Crippen LogP contribution in [-0.2, 0) is 9.59 Å². The molecular weight excluding hydrogens is 268 g/mol. The summed E-state index contributed by atoms with van der Waals surface area (Å²) in [6.45, 7) is 6.66. The van der Waals surface area contributed by atoms with Gasteiger partial charge in [0, 0.05) is 23.7 Å². The maximum absolute atomic E-state index is 9.77. The fourth-order valence-corrected chi connectivity index (χ4v) is 2.46. The van der Waals surface area contributed by atoms with E-state index in [0.29, 0.717) is 12.8 Å². The normalized spacial score (nSPS) is 19.9. The summed E-state index contributed by atoms with van der Waals surface area (Å²) in [5.74, 6) is -2.28. The molecule has 0 saturated carbocycles. The van der Waals surface area contributed by atoms with Crippen LogP contribution in [0.3, 0.4) is 0 Å². The van der Waals surface area contributed by atoms with E-state index in [0.717, 1.165) is 11.8 Å². The fraction of sp³-hybridized carbons (Fsp3) is 0.750. The number of nitrogens with one attached hydrogen (secondary N) is 1. The van der Waals surface area contributed by atoms with Gasteiger partial charge in [-0.1, -0.05) is 0 Å². The summed E-state index contributed by atoms with van der Waals surface area (Å²) in [7, 11) is 0. The van der Waals surface area contributed by atoms with Crippen molar-refractivity contribution in [2.45, 2.75) is 44.8 Å². The number of rotatable bonds is 6. The second-order valence-corrected chi connectivity index (χ2v) is 5.69. The maximum Gasteiger partial charge on any atom is 0.396 e. The quantitative estimate of drug-likeness (QED) is 0.487. The smallest absolute Gasteiger partial charge is 0.396 e. The highest BCUT2D eigenvalue weighted by molar-refractivity contribution is 8.13. The first-order valence-corrected chi connectivity index (χ1v) is 7.34. The predicted octanol–water partition coefficient (Wildman–Crippen LogP) is -3.81. The molecule has 0 aromatic heterocycles. The number of amidine groups is 1. The molecule has 1 aliphatic heterocycles. The highest BCUT2D eigenvalue weighted by Gasteiger charge is 2.25.